The van der Waals surface area contributed by atoms with Crippen molar-refractivity contribution in [2.24, 2.45) is 11.8 Å². The first kappa shape index (κ1) is 18.1. The van der Waals surface area contributed by atoms with Crippen molar-refractivity contribution in [1.82, 2.24) is 0 Å². The summed E-state index contributed by atoms with van der Waals surface area (Å²) in [6, 6.07) is 13.3. The number of imide groups is 1. The molecule has 5 atom stereocenters. The molecule has 5 rings (SSSR count). The van der Waals surface area contributed by atoms with E-state index >= 15 is 0 Å². The molecule has 3 aliphatic rings. The number of amides is 2. The standard InChI is InChI=1S/C22H17ClN2O4/c1-29-22(28)19-17-16(18-15-8-3-2-5-12(15)9-10-24(18)19)20(26)25(21(17)27)14-7-4-6-13(23)11-14/h2-11,16-19H,1H3/p+1/t16-,17+,18+,19+/m0/s1. The van der Waals surface area contributed by atoms with Crippen molar-refractivity contribution in [1.29, 1.82) is 0 Å². The molecule has 6 nitrogen and oxygen atoms in total. The van der Waals surface area contributed by atoms with Crippen LogP contribution in [0.25, 0.3) is 6.08 Å². The highest BCUT2D eigenvalue weighted by Crippen LogP contribution is 2.44. The lowest BCUT2D eigenvalue weighted by molar-refractivity contribution is -0.885. The molecule has 0 aromatic heterocycles. The van der Waals surface area contributed by atoms with Gasteiger partial charge >= 0.3 is 5.97 Å². The normalized spacial score (nSPS) is 29.4. The number of quaternary nitrogens is 1. The summed E-state index contributed by atoms with van der Waals surface area (Å²) in [5.41, 5.74) is 2.37. The van der Waals surface area contributed by atoms with E-state index in [1.807, 2.05) is 36.5 Å². The summed E-state index contributed by atoms with van der Waals surface area (Å²) in [6.45, 7) is 0. The lowest BCUT2D eigenvalue weighted by Gasteiger charge is -2.30. The summed E-state index contributed by atoms with van der Waals surface area (Å²) in [7, 11) is 1.31. The number of rotatable bonds is 2. The van der Waals surface area contributed by atoms with Crippen molar-refractivity contribution in [2.45, 2.75) is 12.1 Å². The second-order valence-electron chi connectivity index (χ2n) is 7.48. The number of methoxy groups -OCH3 is 1. The minimum Gasteiger partial charge on any atom is -0.465 e. The molecule has 2 saturated heterocycles. The van der Waals surface area contributed by atoms with Crippen molar-refractivity contribution in [3.8, 4) is 0 Å². The number of carbonyl (C=O) groups excluding carboxylic acids is 3. The first-order chi connectivity index (χ1) is 14.0. The van der Waals surface area contributed by atoms with Crippen LogP contribution in [0.15, 0.2) is 54.7 Å². The molecule has 0 radical (unpaired) electrons. The number of carbonyl (C=O) groups is 3. The Kier molecular flexibility index (Phi) is 4.08. The Morgan fingerprint density at radius 2 is 1.83 bits per heavy atom. The van der Waals surface area contributed by atoms with Crippen LogP contribution in [0.1, 0.15) is 17.2 Å². The van der Waals surface area contributed by atoms with Crippen LogP contribution in [0.5, 0.6) is 0 Å². The van der Waals surface area contributed by atoms with Gasteiger partial charge in [-0.25, -0.2) is 9.69 Å². The topological polar surface area (TPSA) is 68.1 Å². The van der Waals surface area contributed by atoms with Crippen LogP contribution in [-0.4, -0.2) is 30.9 Å². The van der Waals surface area contributed by atoms with Gasteiger partial charge in [-0.15, -0.1) is 0 Å². The Labute approximate surface area is 172 Å². The fourth-order valence-corrected chi connectivity index (χ4v) is 5.20. The van der Waals surface area contributed by atoms with Gasteiger partial charge in [0.05, 0.1) is 19.0 Å². The lowest BCUT2D eigenvalue weighted by atomic mass is 9.84. The molecule has 1 N–H and O–H groups in total. The number of benzene rings is 2. The number of hydrogen-bond acceptors (Lipinski definition) is 4. The molecule has 2 amide bonds. The Morgan fingerprint density at radius 1 is 1.07 bits per heavy atom. The average Bonchev–Trinajstić information content (AvgIpc) is 3.20. The molecule has 2 aromatic carbocycles. The van der Waals surface area contributed by atoms with Gasteiger partial charge in [-0.1, -0.05) is 41.9 Å². The maximum absolute atomic E-state index is 13.5. The van der Waals surface area contributed by atoms with Crippen molar-refractivity contribution in [3.63, 3.8) is 0 Å². The molecule has 0 spiro atoms. The predicted octanol–water partition coefficient (Wildman–Crippen LogP) is 1.61. The number of halogens is 1. The molecule has 146 valence electrons. The van der Waals surface area contributed by atoms with Gasteiger partial charge in [-0.2, -0.15) is 0 Å². The molecule has 0 saturated carbocycles. The molecule has 2 aromatic rings. The number of nitrogens with one attached hydrogen (secondary N) is 1. The zero-order valence-corrected chi connectivity index (χ0v) is 16.3. The van der Waals surface area contributed by atoms with E-state index in [9.17, 15) is 14.4 Å². The fourth-order valence-electron chi connectivity index (χ4n) is 5.01. The third-order valence-electron chi connectivity index (χ3n) is 6.14. The first-order valence-electron chi connectivity index (χ1n) is 9.38. The summed E-state index contributed by atoms with van der Waals surface area (Å²) in [5, 5.41) is 0.433. The molecular formula is C22H18ClN2O4+. The molecule has 2 fully saturated rings. The summed E-state index contributed by atoms with van der Waals surface area (Å²) in [4.78, 5) is 41.6. The molecule has 29 heavy (non-hydrogen) atoms. The van der Waals surface area contributed by atoms with Gasteiger partial charge in [0.1, 0.15) is 17.9 Å². The highest BCUT2D eigenvalue weighted by Gasteiger charge is 2.68. The minimum atomic E-state index is -0.787. The van der Waals surface area contributed by atoms with Crippen LogP contribution in [0.2, 0.25) is 5.02 Å². The van der Waals surface area contributed by atoms with Gasteiger partial charge in [-0.05, 0) is 29.8 Å². The quantitative estimate of drug-likeness (QED) is 0.604. The number of hydrogen-bond donors (Lipinski definition) is 1. The number of nitrogens with zero attached hydrogens (tertiary/aromatic N) is 1. The molecule has 1 unspecified atom stereocenters. The van der Waals surface area contributed by atoms with Gasteiger partial charge in [0.2, 0.25) is 17.9 Å². The molecule has 0 bridgehead atoms. The van der Waals surface area contributed by atoms with E-state index in [2.05, 4.69) is 0 Å². The second-order valence-corrected chi connectivity index (χ2v) is 7.92. The Bertz CT molecular complexity index is 1080. The summed E-state index contributed by atoms with van der Waals surface area (Å²) in [5.74, 6) is -2.61. The SMILES string of the molecule is COC(=O)[C@H]1[C@@H]2C(=O)N(c3cccc(Cl)c3)C(=O)[C@@H]2[C@H]2c3ccccc3C=C[NH+]21. The van der Waals surface area contributed by atoms with Crippen LogP contribution >= 0.6 is 11.6 Å². The van der Waals surface area contributed by atoms with E-state index < -0.39 is 23.8 Å². The van der Waals surface area contributed by atoms with E-state index in [1.165, 1.54) is 12.0 Å². The van der Waals surface area contributed by atoms with E-state index in [0.717, 1.165) is 16.0 Å². The van der Waals surface area contributed by atoms with Crippen LogP contribution in [0.3, 0.4) is 0 Å². The van der Waals surface area contributed by atoms with Crippen LogP contribution in [-0.2, 0) is 19.1 Å². The van der Waals surface area contributed by atoms with Crippen molar-refractivity contribution in [2.75, 3.05) is 12.0 Å². The van der Waals surface area contributed by atoms with Gasteiger partial charge < -0.3 is 4.74 Å². The number of ether oxygens (including phenoxy) is 1. The fraction of sp³-hybridized carbons (Fsp3) is 0.227. The van der Waals surface area contributed by atoms with Crippen molar-refractivity contribution >= 4 is 41.1 Å². The van der Waals surface area contributed by atoms with Gasteiger partial charge in [-0.3, -0.25) is 14.5 Å². The number of anilines is 1. The zero-order valence-electron chi connectivity index (χ0n) is 15.5. The minimum absolute atomic E-state index is 0.304. The Hall–Kier alpha value is -2.96. The summed E-state index contributed by atoms with van der Waals surface area (Å²) in [6.07, 6.45) is 3.80. The largest absolute Gasteiger partial charge is 0.465 e. The number of esters is 1. The smallest absolute Gasteiger partial charge is 0.365 e. The van der Waals surface area contributed by atoms with E-state index in [-0.39, 0.29) is 17.9 Å². The highest BCUT2D eigenvalue weighted by atomic mass is 35.5. The van der Waals surface area contributed by atoms with Crippen LogP contribution in [0, 0.1) is 11.8 Å². The van der Waals surface area contributed by atoms with Gasteiger partial charge in [0.15, 0.2) is 0 Å². The van der Waals surface area contributed by atoms with E-state index in [1.54, 1.807) is 24.3 Å². The summed E-state index contributed by atoms with van der Waals surface area (Å²) < 4.78 is 5.03. The monoisotopic (exact) mass is 409 g/mol. The van der Waals surface area contributed by atoms with E-state index in [0.29, 0.717) is 10.7 Å². The van der Waals surface area contributed by atoms with Crippen molar-refractivity contribution in [3.05, 3.63) is 70.9 Å². The zero-order chi connectivity index (χ0) is 20.3. The van der Waals surface area contributed by atoms with Crippen molar-refractivity contribution < 1.29 is 24.0 Å². The molecule has 3 aliphatic heterocycles. The molecular weight excluding hydrogens is 392 g/mol. The average molecular weight is 410 g/mol. The predicted molar refractivity (Wildman–Crippen MR) is 106 cm³/mol. The second kappa shape index (κ2) is 6.54. The molecule has 7 heteroatoms. The van der Waals surface area contributed by atoms with Crippen LogP contribution in [0.4, 0.5) is 5.69 Å². The lowest BCUT2D eigenvalue weighted by Crippen LogP contribution is -3.12. The van der Waals surface area contributed by atoms with Gasteiger partial charge in [0, 0.05) is 10.6 Å². The van der Waals surface area contributed by atoms with E-state index in [4.69, 9.17) is 16.3 Å². The molecule has 0 aliphatic carbocycles. The third-order valence-corrected chi connectivity index (χ3v) is 6.38. The highest BCUT2D eigenvalue weighted by molar-refractivity contribution is 6.31. The number of fused-ring (bicyclic) bond motifs is 5. The first-order valence-corrected chi connectivity index (χ1v) is 9.75. The van der Waals surface area contributed by atoms with Gasteiger partial charge in [0.25, 0.3) is 0 Å². The maximum atomic E-state index is 13.5. The Morgan fingerprint density at radius 3 is 2.59 bits per heavy atom. The Balaban J connectivity index is 1.66. The molecule has 3 heterocycles. The maximum Gasteiger partial charge on any atom is 0.365 e. The summed E-state index contributed by atoms with van der Waals surface area (Å²) >= 11 is 6.08. The van der Waals surface area contributed by atoms with Crippen LogP contribution < -0.4 is 9.80 Å². The third kappa shape index (κ3) is 2.49.